The van der Waals surface area contributed by atoms with Gasteiger partial charge in [0.2, 0.25) is 5.91 Å². The van der Waals surface area contributed by atoms with Gasteiger partial charge in [0.05, 0.1) is 5.75 Å². The molecule has 5 heteroatoms. The van der Waals surface area contributed by atoms with Crippen LogP contribution in [0.5, 0.6) is 0 Å². The van der Waals surface area contributed by atoms with Gasteiger partial charge in [-0.1, -0.05) is 30.3 Å². The zero-order valence-electron chi connectivity index (χ0n) is 16.1. The molecule has 0 unspecified atom stereocenters. The molecular formula is C22H29N3OS. The minimum atomic E-state index is 0.216. The molecule has 144 valence electrons. The summed E-state index contributed by atoms with van der Waals surface area (Å²) in [5.41, 5.74) is 1.41. The minimum absolute atomic E-state index is 0.216. The number of pyridine rings is 1. The van der Waals surface area contributed by atoms with E-state index in [0.717, 1.165) is 37.4 Å². The van der Waals surface area contributed by atoms with Gasteiger partial charge in [-0.05, 0) is 56.5 Å². The van der Waals surface area contributed by atoms with Crippen LogP contribution in [0.2, 0.25) is 0 Å². The predicted molar refractivity (Wildman–Crippen MR) is 112 cm³/mol. The van der Waals surface area contributed by atoms with Crippen LogP contribution in [-0.2, 0) is 11.2 Å². The van der Waals surface area contributed by atoms with Gasteiger partial charge in [-0.15, -0.1) is 11.8 Å². The molecule has 1 aromatic heterocycles. The van der Waals surface area contributed by atoms with Crippen molar-refractivity contribution in [1.29, 1.82) is 0 Å². The standard InChI is InChI=1S/C22H29N3OS/c1-24(22(26)18-27-21-11-13-23-14-12-21)20-10-6-16-25(17-20)15-5-9-19-7-3-2-4-8-19/h2-4,7-8,11-14,20H,5-6,9-10,15-18H2,1H3/t20-/m1/s1. The number of aryl methyl sites for hydroxylation is 1. The Morgan fingerprint density at radius 3 is 2.78 bits per heavy atom. The van der Waals surface area contributed by atoms with Crippen LogP contribution >= 0.6 is 11.8 Å². The average molecular weight is 384 g/mol. The van der Waals surface area contributed by atoms with E-state index in [-0.39, 0.29) is 5.91 Å². The molecule has 27 heavy (non-hydrogen) atoms. The Morgan fingerprint density at radius 2 is 2.00 bits per heavy atom. The van der Waals surface area contributed by atoms with Crippen molar-refractivity contribution in [3.8, 4) is 0 Å². The van der Waals surface area contributed by atoms with Gasteiger partial charge >= 0.3 is 0 Å². The van der Waals surface area contributed by atoms with E-state index in [1.807, 2.05) is 24.1 Å². The Morgan fingerprint density at radius 1 is 1.22 bits per heavy atom. The number of nitrogens with zero attached hydrogens (tertiary/aromatic N) is 3. The molecule has 0 N–H and O–H groups in total. The molecular weight excluding hydrogens is 354 g/mol. The van der Waals surface area contributed by atoms with E-state index in [2.05, 4.69) is 40.2 Å². The Labute approximate surface area is 167 Å². The van der Waals surface area contributed by atoms with Crippen molar-refractivity contribution < 1.29 is 4.79 Å². The van der Waals surface area contributed by atoms with E-state index in [0.29, 0.717) is 11.8 Å². The largest absolute Gasteiger partial charge is 0.341 e. The number of piperidine rings is 1. The van der Waals surface area contributed by atoms with Crippen LogP contribution in [0, 0.1) is 0 Å². The molecule has 4 nitrogen and oxygen atoms in total. The third-order valence-electron chi connectivity index (χ3n) is 5.22. The molecule has 1 amide bonds. The van der Waals surface area contributed by atoms with Gasteiger partial charge in [0.15, 0.2) is 0 Å². The van der Waals surface area contributed by atoms with Crippen LogP contribution in [0.4, 0.5) is 0 Å². The quantitative estimate of drug-likeness (QED) is 0.651. The summed E-state index contributed by atoms with van der Waals surface area (Å²) >= 11 is 1.59. The average Bonchev–Trinajstić information content (AvgIpc) is 2.73. The van der Waals surface area contributed by atoms with Crippen molar-refractivity contribution in [1.82, 2.24) is 14.8 Å². The lowest BCUT2D eigenvalue weighted by atomic mass is 10.0. The summed E-state index contributed by atoms with van der Waals surface area (Å²) in [6.07, 6.45) is 8.12. The second-order valence-corrected chi connectivity index (χ2v) is 8.21. The molecule has 3 rings (SSSR count). The number of likely N-dealkylation sites (N-methyl/N-ethyl adjacent to an activating group) is 1. The van der Waals surface area contributed by atoms with E-state index in [1.54, 1.807) is 24.2 Å². The van der Waals surface area contributed by atoms with Crippen LogP contribution in [0.15, 0.2) is 59.8 Å². The van der Waals surface area contributed by atoms with Gasteiger partial charge < -0.3 is 9.80 Å². The molecule has 1 aliphatic heterocycles. The maximum absolute atomic E-state index is 12.6. The van der Waals surface area contributed by atoms with Gasteiger partial charge in [-0.2, -0.15) is 0 Å². The van der Waals surface area contributed by atoms with Gasteiger partial charge in [0.1, 0.15) is 0 Å². The van der Waals surface area contributed by atoms with E-state index in [4.69, 9.17) is 0 Å². The molecule has 0 spiro atoms. The van der Waals surface area contributed by atoms with Crippen molar-refractivity contribution >= 4 is 17.7 Å². The number of rotatable bonds is 8. The van der Waals surface area contributed by atoms with Crippen molar-refractivity contribution in [2.75, 3.05) is 32.4 Å². The van der Waals surface area contributed by atoms with E-state index < -0.39 is 0 Å². The summed E-state index contributed by atoms with van der Waals surface area (Å²) in [6.45, 7) is 3.26. The second kappa shape index (κ2) is 10.5. The first-order chi connectivity index (χ1) is 13.2. The maximum Gasteiger partial charge on any atom is 0.232 e. The number of likely N-dealkylation sites (tertiary alicyclic amines) is 1. The Balaban J connectivity index is 1.41. The molecule has 2 heterocycles. The molecule has 0 bridgehead atoms. The van der Waals surface area contributed by atoms with Gasteiger partial charge in [0.25, 0.3) is 0 Å². The highest BCUT2D eigenvalue weighted by molar-refractivity contribution is 8.00. The molecule has 0 saturated carbocycles. The number of carbonyl (C=O) groups is 1. The van der Waals surface area contributed by atoms with Gasteiger partial charge in [-0.25, -0.2) is 0 Å². The number of amides is 1. The molecule has 1 atom stereocenters. The molecule has 0 aliphatic carbocycles. The first kappa shape index (κ1) is 19.9. The number of aromatic nitrogens is 1. The van der Waals surface area contributed by atoms with E-state index >= 15 is 0 Å². The SMILES string of the molecule is CN(C(=O)CSc1ccncc1)[C@@H]1CCCN(CCCc2ccccc2)C1. The Hall–Kier alpha value is -1.85. The molecule has 1 fully saturated rings. The third-order valence-corrected chi connectivity index (χ3v) is 6.21. The van der Waals surface area contributed by atoms with Crippen LogP contribution in [0.3, 0.4) is 0 Å². The van der Waals surface area contributed by atoms with Crippen LogP contribution in [0.25, 0.3) is 0 Å². The zero-order valence-corrected chi connectivity index (χ0v) is 16.9. The fraction of sp³-hybridized carbons (Fsp3) is 0.455. The summed E-state index contributed by atoms with van der Waals surface area (Å²) < 4.78 is 0. The second-order valence-electron chi connectivity index (χ2n) is 7.16. The Bertz CT molecular complexity index is 695. The highest BCUT2D eigenvalue weighted by Crippen LogP contribution is 2.20. The van der Waals surface area contributed by atoms with Crippen LogP contribution in [-0.4, -0.2) is 59.2 Å². The zero-order chi connectivity index (χ0) is 18.9. The fourth-order valence-electron chi connectivity index (χ4n) is 3.59. The molecule has 1 saturated heterocycles. The van der Waals surface area contributed by atoms with Gasteiger partial charge in [0, 0.05) is 36.9 Å². The highest BCUT2D eigenvalue weighted by Gasteiger charge is 2.25. The predicted octanol–water partition coefficient (Wildman–Crippen LogP) is 3.73. The monoisotopic (exact) mass is 383 g/mol. The normalized spacial score (nSPS) is 17.6. The van der Waals surface area contributed by atoms with Crippen molar-refractivity contribution in [2.45, 2.75) is 36.6 Å². The lowest BCUT2D eigenvalue weighted by molar-refractivity contribution is -0.130. The molecule has 0 radical (unpaired) electrons. The van der Waals surface area contributed by atoms with Crippen LogP contribution in [0.1, 0.15) is 24.8 Å². The number of hydrogen-bond acceptors (Lipinski definition) is 4. The lowest BCUT2D eigenvalue weighted by Crippen LogP contribution is -2.49. The number of benzene rings is 1. The third kappa shape index (κ3) is 6.36. The molecule has 1 aliphatic rings. The fourth-order valence-corrected chi connectivity index (χ4v) is 4.39. The lowest BCUT2D eigenvalue weighted by Gasteiger charge is -2.37. The van der Waals surface area contributed by atoms with E-state index in [9.17, 15) is 4.79 Å². The summed E-state index contributed by atoms with van der Waals surface area (Å²) in [7, 11) is 1.97. The van der Waals surface area contributed by atoms with Crippen LogP contribution < -0.4 is 0 Å². The van der Waals surface area contributed by atoms with E-state index in [1.165, 1.54) is 18.4 Å². The summed E-state index contributed by atoms with van der Waals surface area (Å²) in [4.78, 5) is 22.2. The first-order valence-electron chi connectivity index (χ1n) is 9.77. The topological polar surface area (TPSA) is 36.4 Å². The summed E-state index contributed by atoms with van der Waals surface area (Å²) in [5.74, 6) is 0.707. The molecule has 2 aromatic rings. The maximum atomic E-state index is 12.6. The highest BCUT2D eigenvalue weighted by atomic mass is 32.2. The Kier molecular flexibility index (Phi) is 7.72. The number of thioether (sulfide) groups is 1. The first-order valence-corrected chi connectivity index (χ1v) is 10.8. The van der Waals surface area contributed by atoms with Gasteiger partial charge in [-0.3, -0.25) is 9.78 Å². The number of carbonyl (C=O) groups excluding carboxylic acids is 1. The minimum Gasteiger partial charge on any atom is -0.341 e. The smallest absolute Gasteiger partial charge is 0.232 e. The molecule has 1 aromatic carbocycles. The number of hydrogen-bond donors (Lipinski definition) is 0. The summed E-state index contributed by atoms with van der Waals surface area (Å²) in [5, 5.41) is 0. The van der Waals surface area contributed by atoms with Crippen molar-refractivity contribution in [3.05, 3.63) is 60.4 Å². The van der Waals surface area contributed by atoms with Crippen molar-refractivity contribution in [2.24, 2.45) is 0 Å². The van der Waals surface area contributed by atoms with Crippen molar-refractivity contribution in [3.63, 3.8) is 0 Å². The summed E-state index contributed by atoms with van der Waals surface area (Å²) in [6, 6.07) is 14.9.